The monoisotopic (exact) mass is 253 g/mol. The summed E-state index contributed by atoms with van der Waals surface area (Å²) in [7, 11) is 0. The highest BCUT2D eigenvalue weighted by molar-refractivity contribution is 5.73. The molecule has 2 heterocycles. The maximum atomic E-state index is 11.2. The van der Waals surface area contributed by atoms with Crippen molar-refractivity contribution in [1.82, 2.24) is 4.90 Å². The van der Waals surface area contributed by atoms with Crippen LogP contribution in [0.3, 0.4) is 0 Å². The number of carbonyl (C=O) groups is 2. The van der Waals surface area contributed by atoms with Crippen molar-refractivity contribution in [3.8, 4) is 0 Å². The Balaban J connectivity index is 1.98. The van der Waals surface area contributed by atoms with E-state index in [9.17, 15) is 14.7 Å². The summed E-state index contributed by atoms with van der Waals surface area (Å²) in [5.41, 5.74) is 0. The van der Waals surface area contributed by atoms with E-state index in [1.54, 1.807) is 17.2 Å². The van der Waals surface area contributed by atoms with Crippen LogP contribution in [0.4, 0.5) is 0 Å². The van der Waals surface area contributed by atoms with Crippen LogP contribution in [0.1, 0.15) is 19.3 Å². The molecular formula is C12H15NO5. The number of rotatable bonds is 6. The molecule has 2 aliphatic heterocycles. The fourth-order valence-electron chi connectivity index (χ4n) is 2.00. The Bertz CT molecular complexity index is 401. The zero-order valence-electron chi connectivity index (χ0n) is 9.87. The molecule has 2 rings (SSSR count). The van der Waals surface area contributed by atoms with E-state index in [1.165, 1.54) is 0 Å². The molecule has 0 aromatic rings. The lowest BCUT2D eigenvalue weighted by Crippen LogP contribution is -2.40. The third-order valence-electron chi connectivity index (χ3n) is 2.95. The van der Waals surface area contributed by atoms with Gasteiger partial charge in [0.1, 0.15) is 12.3 Å². The number of unbranched alkanes of at least 4 members (excludes halogenated alkanes) is 1. The van der Waals surface area contributed by atoms with Crippen LogP contribution in [0.25, 0.3) is 0 Å². The summed E-state index contributed by atoms with van der Waals surface area (Å²) < 4.78 is 10.5. The van der Waals surface area contributed by atoms with Crippen molar-refractivity contribution in [2.45, 2.75) is 25.3 Å². The minimum atomic E-state index is -0.895. The van der Waals surface area contributed by atoms with Crippen molar-refractivity contribution in [3.05, 3.63) is 23.8 Å². The van der Waals surface area contributed by atoms with Crippen molar-refractivity contribution in [3.63, 3.8) is 0 Å². The summed E-state index contributed by atoms with van der Waals surface area (Å²) in [6.45, 7) is 0.579. The lowest BCUT2D eigenvalue weighted by Gasteiger charge is -2.29. The van der Waals surface area contributed by atoms with Gasteiger partial charge in [0, 0.05) is 12.6 Å². The molecule has 0 bridgehead atoms. The standard InChI is InChI=1S/C12H15NO5/c14-6-2-1-3-9(12(15)16)13-5-4-10-11(7-13)18-8-17-10/h4-6,9H,1-3,7-8H2,(H,15,16). The van der Waals surface area contributed by atoms with Crippen LogP contribution in [0.5, 0.6) is 0 Å². The number of hydrogen-bond donors (Lipinski definition) is 1. The molecular weight excluding hydrogens is 238 g/mol. The summed E-state index contributed by atoms with van der Waals surface area (Å²) in [5, 5.41) is 9.21. The maximum Gasteiger partial charge on any atom is 0.326 e. The number of aldehydes is 1. The fourth-order valence-corrected chi connectivity index (χ4v) is 2.00. The van der Waals surface area contributed by atoms with Crippen molar-refractivity contribution >= 4 is 12.3 Å². The molecule has 0 radical (unpaired) electrons. The number of nitrogens with zero attached hydrogens (tertiary/aromatic N) is 1. The first-order valence-corrected chi connectivity index (χ1v) is 5.81. The van der Waals surface area contributed by atoms with Crippen molar-refractivity contribution in [1.29, 1.82) is 0 Å². The minimum Gasteiger partial charge on any atom is -0.480 e. The van der Waals surface area contributed by atoms with Crippen molar-refractivity contribution in [2.75, 3.05) is 13.3 Å². The van der Waals surface area contributed by atoms with E-state index < -0.39 is 12.0 Å². The molecule has 0 aliphatic carbocycles. The van der Waals surface area contributed by atoms with Gasteiger partial charge in [-0.25, -0.2) is 4.79 Å². The quantitative estimate of drug-likeness (QED) is 0.558. The maximum absolute atomic E-state index is 11.2. The molecule has 98 valence electrons. The molecule has 0 fully saturated rings. The van der Waals surface area contributed by atoms with Crippen LogP contribution in [-0.4, -0.2) is 41.6 Å². The number of carboxylic acids is 1. The summed E-state index contributed by atoms with van der Waals surface area (Å²) in [6, 6.07) is -0.639. The van der Waals surface area contributed by atoms with Crippen LogP contribution in [0, 0.1) is 0 Å². The number of hydrogen-bond acceptors (Lipinski definition) is 5. The van der Waals surface area contributed by atoms with Gasteiger partial charge in [0.25, 0.3) is 0 Å². The Morgan fingerprint density at radius 3 is 3.11 bits per heavy atom. The van der Waals surface area contributed by atoms with E-state index in [4.69, 9.17) is 9.47 Å². The summed E-state index contributed by atoms with van der Waals surface area (Å²) in [5.74, 6) is 0.441. The number of aliphatic carboxylic acids is 1. The molecule has 1 atom stereocenters. The summed E-state index contributed by atoms with van der Waals surface area (Å²) >= 11 is 0. The van der Waals surface area contributed by atoms with Gasteiger partial charge in [-0.1, -0.05) is 0 Å². The molecule has 0 spiro atoms. The lowest BCUT2D eigenvalue weighted by atomic mass is 10.1. The zero-order chi connectivity index (χ0) is 13.0. The van der Waals surface area contributed by atoms with Gasteiger partial charge in [-0.2, -0.15) is 0 Å². The van der Waals surface area contributed by atoms with E-state index in [1.807, 2.05) is 0 Å². The number of carboxylic acid groups (broad SMARTS) is 1. The largest absolute Gasteiger partial charge is 0.480 e. The molecule has 0 aromatic heterocycles. The first-order valence-electron chi connectivity index (χ1n) is 5.81. The molecule has 6 heteroatoms. The summed E-state index contributed by atoms with van der Waals surface area (Å²) in [6.07, 6.45) is 5.60. The van der Waals surface area contributed by atoms with Gasteiger partial charge in [0.2, 0.25) is 6.79 Å². The van der Waals surface area contributed by atoms with Gasteiger partial charge >= 0.3 is 5.97 Å². The van der Waals surface area contributed by atoms with Crippen LogP contribution >= 0.6 is 0 Å². The average molecular weight is 253 g/mol. The van der Waals surface area contributed by atoms with Gasteiger partial charge in [0.05, 0.1) is 6.54 Å². The summed E-state index contributed by atoms with van der Waals surface area (Å²) in [4.78, 5) is 23.2. The number of ether oxygens (including phenoxy) is 2. The number of allylic oxidation sites excluding steroid dienone is 1. The van der Waals surface area contributed by atoms with E-state index in [0.29, 0.717) is 37.3 Å². The van der Waals surface area contributed by atoms with Gasteiger partial charge in [-0.3, -0.25) is 0 Å². The van der Waals surface area contributed by atoms with E-state index in [2.05, 4.69) is 0 Å². The molecule has 1 unspecified atom stereocenters. The third kappa shape index (κ3) is 2.64. The fraction of sp³-hybridized carbons (Fsp3) is 0.500. The van der Waals surface area contributed by atoms with E-state index >= 15 is 0 Å². The Labute approximate surface area is 104 Å². The highest BCUT2D eigenvalue weighted by Crippen LogP contribution is 2.25. The second-order valence-corrected chi connectivity index (χ2v) is 4.13. The molecule has 1 N–H and O–H groups in total. The van der Waals surface area contributed by atoms with Crippen LogP contribution in [-0.2, 0) is 19.1 Å². The Morgan fingerprint density at radius 1 is 1.56 bits per heavy atom. The highest BCUT2D eigenvalue weighted by atomic mass is 16.7. The molecule has 0 amide bonds. The number of carbonyl (C=O) groups excluding carboxylic acids is 1. The normalized spacial score (nSPS) is 19.0. The van der Waals surface area contributed by atoms with Crippen molar-refractivity contribution < 1.29 is 24.2 Å². The SMILES string of the molecule is O=CCCCC(C(=O)O)N1C=CC2=C(C1)OCO2. The van der Waals surface area contributed by atoms with E-state index in [-0.39, 0.29) is 6.79 Å². The van der Waals surface area contributed by atoms with Gasteiger partial charge in [-0.15, -0.1) is 0 Å². The third-order valence-corrected chi connectivity index (χ3v) is 2.95. The molecule has 0 aromatic carbocycles. The average Bonchev–Trinajstić information content (AvgIpc) is 2.81. The Morgan fingerprint density at radius 2 is 2.39 bits per heavy atom. The van der Waals surface area contributed by atoms with Crippen LogP contribution < -0.4 is 0 Å². The predicted molar refractivity (Wildman–Crippen MR) is 61.2 cm³/mol. The second-order valence-electron chi connectivity index (χ2n) is 4.13. The predicted octanol–water partition coefficient (Wildman–Crippen LogP) is 0.854. The van der Waals surface area contributed by atoms with Gasteiger partial charge < -0.3 is 24.3 Å². The molecule has 6 nitrogen and oxygen atoms in total. The smallest absolute Gasteiger partial charge is 0.326 e. The Hall–Kier alpha value is -1.98. The van der Waals surface area contributed by atoms with Crippen LogP contribution in [0.2, 0.25) is 0 Å². The van der Waals surface area contributed by atoms with Gasteiger partial charge in [0.15, 0.2) is 11.5 Å². The van der Waals surface area contributed by atoms with E-state index in [0.717, 1.165) is 6.29 Å². The first kappa shape index (κ1) is 12.5. The zero-order valence-corrected chi connectivity index (χ0v) is 9.87. The topological polar surface area (TPSA) is 76.1 Å². The lowest BCUT2D eigenvalue weighted by molar-refractivity contribution is -0.142. The minimum absolute atomic E-state index is 0.186. The molecule has 2 aliphatic rings. The first-order chi connectivity index (χ1) is 8.72. The van der Waals surface area contributed by atoms with Crippen LogP contribution in [0.15, 0.2) is 23.8 Å². The Kier molecular flexibility index (Phi) is 3.86. The molecule has 0 saturated heterocycles. The second kappa shape index (κ2) is 5.57. The van der Waals surface area contributed by atoms with Crippen molar-refractivity contribution in [2.24, 2.45) is 0 Å². The molecule has 18 heavy (non-hydrogen) atoms. The molecule has 0 saturated carbocycles. The highest BCUT2D eigenvalue weighted by Gasteiger charge is 2.29. The van der Waals surface area contributed by atoms with Gasteiger partial charge in [-0.05, 0) is 18.9 Å².